The van der Waals surface area contributed by atoms with Gasteiger partial charge in [-0.2, -0.15) is 0 Å². The molecule has 0 N–H and O–H groups in total. The van der Waals surface area contributed by atoms with Crippen molar-refractivity contribution in [2.45, 2.75) is 18.3 Å². The molecule has 31 heavy (non-hydrogen) atoms. The lowest BCUT2D eigenvalue weighted by molar-refractivity contribution is -0.274. The first kappa shape index (κ1) is 19.6. The summed E-state index contributed by atoms with van der Waals surface area (Å²) in [6.07, 6.45) is -4.74. The van der Waals surface area contributed by atoms with E-state index in [2.05, 4.69) is 21.8 Å². The Hall–Kier alpha value is -3.35. The molecule has 4 nitrogen and oxygen atoms in total. The first-order chi connectivity index (χ1) is 14.9. The van der Waals surface area contributed by atoms with Crippen molar-refractivity contribution in [1.82, 2.24) is 0 Å². The van der Waals surface area contributed by atoms with Crippen molar-refractivity contribution in [3.63, 3.8) is 0 Å². The van der Waals surface area contributed by atoms with Gasteiger partial charge in [0.25, 0.3) is 0 Å². The van der Waals surface area contributed by atoms with E-state index in [1.165, 1.54) is 12.1 Å². The molecule has 2 aliphatic rings. The number of nitrogens with zero attached hydrogens (tertiary/aromatic N) is 1. The van der Waals surface area contributed by atoms with Gasteiger partial charge in [-0.3, -0.25) is 0 Å². The molecule has 7 heteroatoms. The molecule has 3 aromatic carbocycles. The van der Waals surface area contributed by atoms with E-state index in [0.717, 1.165) is 28.1 Å². The topological polar surface area (TPSA) is 30.9 Å². The van der Waals surface area contributed by atoms with Gasteiger partial charge in [-0.25, -0.2) is 0 Å². The van der Waals surface area contributed by atoms with Gasteiger partial charge in [-0.1, -0.05) is 36.4 Å². The number of benzene rings is 3. The van der Waals surface area contributed by atoms with Gasteiger partial charge >= 0.3 is 6.36 Å². The average molecular weight is 427 g/mol. The lowest BCUT2D eigenvalue weighted by Gasteiger charge is -2.25. The predicted molar refractivity (Wildman–Crippen MR) is 110 cm³/mol. The molecule has 0 saturated heterocycles. The van der Waals surface area contributed by atoms with Crippen molar-refractivity contribution in [2.24, 2.45) is 0 Å². The molecular formula is C24H20F3NO3. The van der Waals surface area contributed by atoms with Crippen LogP contribution in [0.2, 0.25) is 0 Å². The summed E-state index contributed by atoms with van der Waals surface area (Å²) in [5, 5.41) is 0. The Labute approximate surface area is 177 Å². The van der Waals surface area contributed by atoms with Crippen LogP contribution in [0.5, 0.6) is 17.2 Å². The van der Waals surface area contributed by atoms with E-state index in [1.54, 1.807) is 13.2 Å². The molecule has 0 aliphatic carbocycles. The number of hydrogen-bond donors (Lipinski definition) is 0. The van der Waals surface area contributed by atoms with Crippen LogP contribution in [-0.2, 0) is 12.0 Å². The van der Waals surface area contributed by atoms with Gasteiger partial charge in [-0.15, -0.1) is 13.2 Å². The molecule has 0 amide bonds. The number of methoxy groups -OCH3 is 1. The summed E-state index contributed by atoms with van der Waals surface area (Å²) in [5.74, 6) is 0.963. The van der Waals surface area contributed by atoms with Crippen LogP contribution >= 0.6 is 0 Å². The number of para-hydroxylation sites is 1. The van der Waals surface area contributed by atoms with E-state index < -0.39 is 11.8 Å². The van der Waals surface area contributed by atoms with E-state index in [-0.39, 0.29) is 5.75 Å². The first-order valence-corrected chi connectivity index (χ1v) is 9.88. The molecule has 0 saturated carbocycles. The summed E-state index contributed by atoms with van der Waals surface area (Å²) >= 11 is 0. The van der Waals surface area contributed by atoms with Crippen LogP contribution in [0, 0.1) is 0 Å². The summed E-state index contributed by atoms with van der Waals surface area (Å²) < 4.78 is 53.0. The smallest absolute Gasteiger partial charge is 0.497 e. The lowest BCUT2D eigenvalue weighted by atomic mass is 9.78. The Morgan fingerprint density at radius 3 is 2.45 bits per heavy atom. The molecule has 0 fully saturated rings. The minimum atomic E-state index is -4.74. The highest BCUT2D eigenvalue weighted by molar-refractivity contribution is 5.69. The molecule has 2 aliphatic heterocycles. The fourth-order valence-electron chi connectivity index (χ4n) is 4.59. The van der Waals surface area contributed by atoms with Crippen LogP contribution in [0.4, 0.5) is 18.9 Å². The second-order valence-electron chi connectivity index (χ2n) is 7.80. The van der Waals surface area contributed by atoms with E-state index in [9.17, 15) is 13.2 Å². The zero-order valence-corrected chi connectivity index (χ0v) is 16.8. The number of fused-ring (bicyclic) bond motifs is 4. The van der Waals surface area contributed by atoms with Crippen molar-refractivity contribution in [1.29, 1.82) is 0 Å². The van der Waals surface area contributed by atoms with Crippen molar-refractivity contribution in [3.05, 3.63) is 83.4 Å². The third-order valence-corrected chi connectivity index (χ3v) is 5.93. The molecule has 0 bridgehead atoms. The summed E-state index contributed by atoms with van der Waals surface area (Å²) in [7, 11) is 1.64. The van der Waals surface area contributed by atoms with Gasteiger partial charge in [0.1, 0.15) is 23.9 Å². The summed E-state index contributed by atoms with van der Waals surface area (Å²) in [4.78, 5) is 2.29. The molecule has 3 aromatic rings. The predicted octanol–water partition coefficient (Wildman–Crippen LogP) is 5.29. The second-order valence-corrected chi connectivity index (χ2v) is 7.80. The SMILES string of the molecule is COc1ccc(CN2CC3(COc4cc(OC(F)(F)F)ccc43)c3ccccc32)cc1. The number of anilines is 1. The van der Waals surface area contributed by atoms with E-state index in [1.807, 2.05) is 36.4 Å². The van der Waals surface area contributed by atoms with Crippen LogP contribution in [0.1, 0.15) is 16.7 Å². The molecule has 1 unspecified atom stereocenters. The first-order valence-electron chi connectivity index (χ1n) is 9.88. The normalized spacial score (nSPS) is 19.2. The number of alkyl halides is 3. The van der Waals surface area contributed by atoms with Crippen LogP contribution in [0.25, 0.3) is 0 Å². The van der Waals surface area contributed by atoms with Crippen molar-refractivity contribution in [2.75, 3.05) is 25.2 Å². The number of ether oxygens (including phenoxy) is 3. The van der Waals surface area contributed by atoms with Gasteiger partial charge in [0.15, 0.2) is 0 Å². The standard InChI is InChI=1S/C24H20F3NO3/c1-29-17-8-6-16(7-9-17)13-28-14-23(19-4-2-3-5-21(19)28)15-30-22-12-18(10-11-20(22)23)31-24(25,26)27/h2-12H,13-15H2,1H3. The van der Waals surface area contributed by atoms with Gasteiger partial charge in [0.05, 0.1) is 12.5 Å². The fourth-order valence-corrected chi connectivity index (χ4v) is 4.59. The monoisotopic (exact) mass is 427 g/mol. The zero-order chi connectivity index (χ0) is 21.6. The molecule has 160 valence electrons. The summed E-state index contributed by atoms with van der Waals surface area (Å²) in [5.41, 5.74) is 3.80. The number of hydrogen-bond acceptors (Lipinski definition) is 4. The highest BCUT2D eigenvalue weighted by Crippen LogP contribution is 2.52. The molecule has 1 atom stereocenters. The Bertz CT molecular complexity index is 1110. The maximum absolute atomic E-state index is 12.6. The quantitative estimate of drug-likeness (QED) is 0.566. The zero-order valence-electron chi connectivity index (χ0n) is 16.8. The lowest BCUT2D eigenvalue weighted by Crippen LogP contribution is -2.35. The Morgan fingerprint density at radius 1 is 0.968 bits per heavy atom. The number of halogens is 3. The van der Waals surface area contributed by atoms with Crippen LogP contribution in [0.15, 0.2) is 66.7 Å². The van der Waals surface area contributed by atoms with E-state index in [0.29, 0.717) is 25.4 Å². The fraction of sp³-hybridized carbons (Fsp3) is 0.250. The van der Waals surface area contributed by atoms with E-state index in [4.69, 9.17) is 9.47 Å². The summed E-state index contributed by atoms with van der Waals surface area (Å²) in [6.45, 7) is 1.74. The molecule has 0 radical (unpaired) electrons. The maximum Gasteiger partial charge on any atom is 0.573 e. The Kier molecular flexibility index (Phi) is 4.50. The second kappa shape index (κ2) is 7.11. The van der Waals surface area contributed by atoms with Crippen LogP contribution < -0.4 is 19.1 Å². The highest BCUT2D eigenvalue weighted by Gasteiger charge is 2.49. The third kappa shape index (κ3) is 3.44. The Balaban J connectivity index is 1.48. The van der Waals surface area contributed by atoms with E-state index >= 15 is 0 Å². The van der Waals surface area contributed by atoms with Crippen molar-refractivity contribution < 1.29 is 27.4 Å². The molecule has 5 rings (SSSR count). The number of rotatable bonds is 4. The molecule has 0 aromatic heterocycles. The van der Waals surface area contributed by atoms with Crippen molar-refractivity contribution >= 4 is 5.69 Å². The highest BCUT2D eigenvalue weighted by atomic mass is 19.4. The van der Waals surface area contributed by atoms with Gasteiger partial charge < -0.3 is 19.1 Å². The van der Waals surface area contributed by atoms with Crippen LogP contribution in [0.3, 0.4) is 0 Å². The minimum Gasteiger partial charge on any atom is -0.497 e. The van der Waals surface area contributed by atoms with Crippen molar-refractivity contribution in [3.8, 4) is 17.2 Å². The molecule has 2 heterocycles. The molecule has 1 spiro atoms. The van der Waals surface area contributed by atoms with Gasteiger partial charge in [0.2, 0.25) is 0 Å². The minimum absolute atomic E-state index is 0.273. The average Bonchev–Trinajstić information content (AvgIpc) is 3.26. The summed E-state index contributed by atoms with van der Waals surface area (Å²) in [6, 6.07) is 20.4. The molecular weight excluding hydrogens is 407 g/mol. The maximum atomic E-state index is 12.6. The largest absolute Gasteiger partial charge is 0.573 e. The van der Waals surface area contributed by atoms with Gasteiger partial charge in [0, 0.05) is 30.4 Å². The van der Waals surface area contributed by atoms with Crippen LogP contribution in [-0.4, -0.2) is 26.6 Å². The van der Waals surface area contributed by atoms with Gasteiger partial charge in [-0.05, 0) is 35.4 Å². The third-order valence-electron chi connectivity index (χ3n) is 5.93. The Morgan fingerprint density at radius 2 is 1.71 bits per heavy atom.